The fourth-order valence-electron chi connectivity index (χ4n) is 1.93. The molecule has 2 aromatic rings. The zero-order valence-electron chi connectivity index (χ0n) is 13.1. The molecule has 5 nitrogen and oxygen atoms in total. The fourth-order valence-corrected chi connectivity index (χ4v) is 2.06. The van der Waals surface area contributed by atoms with Crippen molar-refractivity contribution >= 4 is 17.5 Å². The first-order valence-corrected chi connectivity index (χ1v) is 7.83. The Hall–Kier alpha value is -2.06. The topological polar surface area (TPSA) is 64.4 Å². The van der Waals surface area contributed by atoms with Crippen molar-refractivity contribution in [1.82, 2.24) is 10.3 Å². The molecular weight excluding hydrogens is 361 g/mol. The highest BCUT2D eigenvalue weighted by molar-refractivity contribution is 6.30. The second kappa shape index (κ2) is 8.87. The van der Waals surface area contributed by atoms with Crippen molar-refractivity contribution in [3.63, 3.8) is 0 Å². The number of amides is 1. The third kappa shape index (κ3) is 7.15. The van der Waals surface area contributed by atoms with E-state index in [4.69, 9.17) is 16.0 Å². The van der Waals surface area contributed by atoms with E-state index in [0.717, 1.165) is 5.56 Å². The molecule has 1 aromatic carbocycles. The van der Waals surface area contributed by atoms with E-state index < -0.39 is 12.8 Å². The number of nitrogens with zero attached hydrogens (tertiary/aromatic N) is 1. The summed E-state index contributed by atoms with van der Waals surface area (Å²) in [6.07, 6.45) is -2.42. The van der Waals surface area contributed by atoms with Gasteiger partial charge in [0, 0.05) is 30.0 Å². The van der Waals surface area contributed by atoms with Crippen molar-refractivity contribution < 1.29 is 27.1 Å². The Labute approximate surface area is 147 Å². The number of aromatic nitrogens is 1. The number of nitrogens with one attached hydrogen (secondary N) is 1. The Morgan fingerprint density at radius 3 is 2.68 bits per heavy atom. The molecule has 2 rings (SSSR count). The molecule has 1 aromatic heterocycles. The number of hydrogen-bond acceptors (Lipinski definition) is 4. The molecule has 1 N–H and O–H groups in total. The predicted octanol–water partition coefficient (Wildman–Crippen LogP) is 3.62. The smallest absolute Gasteiger partial charge is 0.411 e. The van der Waals surface area contributed by atoms with Crippen LogP contribution < -0.4 is 5.32 Å². The van der Waals surface area contributed by atoms with Crippen molar-refractivity contribution in [2.24, 2.45) is 0 Å². The average molecular weight is 377 g/mol. The normalized spacial score (nSPS) is 11.5. The number of oxazole rings is 1. The van der Waals surface area contributed by atoms with E-state index >= 15 is 0 Å². The second-order valence-electron chi connectivity index (χ2n) is 5.14. The number of rotatable bonds is 8. The van der Waals surface area contributed by atoms with Crippen LogP contribution in [-0.2, 0) is 16.0 Å². The van der Waals surface area contributed by atoms with Crippen molar-refractivity contribution in [3.8, 4) is 11.3 Å². The summed E-state index contributed by atoms with van der Waals surface area (Å²) >= 11 is 5.82. The third-order valence-corrected chi connectivity index (χ3v) is 3.33. The lowest BCUT2D eigenvalue weighted by atomic mass is 10.2. The Balaban J connectivity index is 1.69. The minimum Gasteiger partial charge on any atom is -0.441 e. The molecule has 0 radical (unpaired) electrons. The molecule has 0 saturated carbocycles. The standard InChI is InChI=1S/C16H16ClF3N2O3/c17-12-3-1-11(2-4-12)13-9-22-15(25-13)6-5-14(23)21-7-8-24-10-16(18,19)20/h1-4,9H,5-8,10H2,(H,21,23). The summed E-state index contributed by atoms with van der Waals surface area (Å²) < 4.78 is 45.5. The van der Waals surface area contributed by atoms with Crippen LogP contribution in [0.5, 0.6) is 0 Å². The minimum absolute atomic E-state index is 0.0104. The summed E-state index contributed by atoms with van der Waals surface area (Å²) in [6, 6.07) is 7.04. The average Bonchev–Trinajstić information content (AvgIpc) is 3.01. The maximum Gasteiger partial charge on any atom is 0.411 e. The molecule has 0 atom stereocenters. The summed E-state index contributed by atoms with van der Waals surface area (Å²) in [5.41, 5.74) is 0.814. The predicted molar refractivity (Wildman–Crippen MR) is 85.2 cm³/mol. The van der Waals surface area contributed by atoms with Crippen LogP contribution in [-0.4, -0.2) is 36.8 Å². The summed E-state index contributed by atoms with van der Waals surface area (Å²) in [4.78, 5) is 15.7. The van der Waals surface area contributed by atoms with Crippen LogP contribution in [0.3, 0.4) is 0 Å². The Kier molecular flexibility index (Phi) is 6.83. The summed E-state index contributed by atoms with van der Waals surface area (Å²) in [5, 5.41) is 3.08. The molecule has 0 spiro atoms. The van der Waals surface area contributed by atoms with Crippen molar-refractivity contribution in [2.45, 2.75) is 19.0 Å². The number of hydrogen-bond donors (Lipinski definition) is 1. The van der Waals surface area contributed by atoms with Crippen LogP contribution in [0.1, 0.15) is 12.3 Å². The van der Waals surface area contributed by atoms with Crippen LogP contribution in [0, 0.1) is 0 Å². The Morgan fingerprint density at radius 1 is 1.28 bits per heavy atom. The number of halogens is 4. The van der Waals surface area contributed by atoms with Crippen molar-refractivity contribution in [2.75, 3.05) is 19.8 Å². The van der Waals surface area contributed by atoms with Crippen molar-refractivity contribution in [1.29, 1.82) is 0 Å². The lowest BCUT2D eigenvalue weighted by Crippen LogP contribution is -2.29. The first-order valence-electron chi connectivity index (χ1n) is 7.45. The van der Waals surface area contributed by atoms with Gasteiger partial charge in [-0.05, 0) is 24.3 Å². The highest BCUT2D eigenvalue weighted by Gasteiger charge is 2.27. The van der Waals surface area contributed by atoms with Gasteiger partial charge in [0.2, 0.25) is 5.91 Å². The third-order valence-electron chi connectivity index (χ3n) is 3.08. The van der Waals surface area contributed by atoms with Gasteiger partial charge in [-0.2, -0.15) is 13.2 Å². The molecule has 1 heterocycles. The highest BCUT2D eigenvalue weighted by Crippen LogP contribution is 2.22. The van der Waals surface area contributed by atoms with E-state index in [-0.39, 0.29) is 31.9 Å². The molecule has 9 heteroatoms. The quantitative estimate of drug-likeness (QED) is 0.715. The molecule has 0 aliphatic rings. The minimum atomic E-state index is -4.36. The van der Waals surface area contributed by atoms with Gasteiger partial charge in [-0.25, -0.2) is 4.98 Å². The SMILES string of the molecule is O=C(CCc1ncc(-c2ccc(Cl)cc2)o1)NCCOCC(F)(F)F. The largest absolute Gasteiger partial charge is 0.441 e. The maximum atomic E-state index is 11.9. The Morgan fingerprint density at radius 2 is 2.00 bits per heavy atom. The van der Waals surface area contributed by atoms with E-state index in [0.29, 0.717) is 16.7 Å². The zero-order chi connectivity index (χ0) is 18.3. The van der Waals surface area contributed by atoms with Gasteiger partial charge in [0.15, 0.2) is 11.7 Å². The van der Waals surface area contributed by atoms with Gasteiger partial charge in [0.25, 0.3) is 0 Å². The molecule has 1 amide bonds. The molecule has 0 aliphatic heterocycles. The van der Waals surface area contributed by atoms with Gasteiger partial charge in [0.1, 0.15) is 6.61 Å². The van der Waals surface area contributed by atoms with E-state index in [1.165, 1.54) is 0 Å². The maximum absolute atomic E-state index is 11.9. The monoisotopic (exact) mass is 376 g/mol. The van der Waals surface area contributed by atoms with Gasteiger partial charge in [0.05, 0.1) is 12.8 Å². The van der Waals surface area contributed by atoms with Gasteiger partial charge in [-0.15, -0.1) is 0 Å². The number of aryl methyl sites for hydroxylation is 1. The van der Waals surface area contributed by atoms with E-state index in [1.54, 1.807) is 30.5 Å². The van der Waals surface area contributed by atoms with Gasteiger partial charge in [-0.1, -0.05) is 11.6 Å². The molecule has 136 valence electrons. The first-order chi connectivity index (χ1) is 11.8. The first kappa shape index (κ1) is 19.3. The number of ether oxygens (including phenoxy) is 1. The number of carbonyl (C=O) groups excluding carboxylic acids is 1. The van der Waals surface area contributed by atoms with E-state index in [9.17, 15) is 18.0 Å². The van der Waals surface area contributed by atoms with Gasteiger partial charge < -0.3 is 14.5 Å². The molecule has 0 bridgehead atoms. The van der Waals surface area contributed by atoms with Gasteiger partial charge in [-0.3, -0.25) is 4.79 Å². The molecular formula is C16H16ClF3N2O3. The number of alkyl halides is 3. The number of carbonyl (C=O) groups is 1. The second-order valence-corrected chi connectivity index (χ2v) is 5.58. The van der Waals surface area contributed by atoms with E-state index in [2.05, 4.69) is 15.0 Å². The van der Waals surface area contributed by atoms with Gasteiger partial charge >= 0.3 is 6.18 Å². The van der Waals surface area contributed by atoms with Crippen LogP contribution in [0.2, 0.25) is 5.02 Å². The molecule has 0 fully saturated rings. The lowest BCUT2D eigenvalue weighted by molar-refractivity contribution is -0.173. The summed E-state index contributed by atoms with van der Waals surface area (Å²) in [5.74, 6) is 0.642. The molecule has 0 aliphatic carbocycles. The molecule has 0 unspecified atom stereocenters. The summed E-state index contributed by atoms with van der Waals surface area (Å²) in [7, 11) is 0. The van der Waals surface area contributed by atoms with Crippen molar-refractivity contribution in [3.05, 3.63) is 41.4 Å². The van der Waals surface area contributed by atoms with Crippen LogP contribution in [0.25, 0.3) is 11.3 Å². The fraction of sp³-hybridized carbons (Fsp3) is 0.375. The lowest BCUT2D eigenvalue weighted by Gasteiger charge is -2.08. The highest BCUT2D eigenvalue weighted by atomic mass is 35.5. The number of benzene rings is 1. The Bertz CT molecular complexity index is 687. The van der Waals surface area contributed by atoms with Crippen LogP contribution in [0.15, 0.2) is 34.9 Å². The van der Waals surface area contributed by atoms with Crippen LogP contribution >= 0.6 is 11.6 Å². The molecule has 25 heavy (non-hydrogen) atoms. The van der Waals surface area contributed by atoms with Crippen LogP contribution in [0.4, 0.5) is 13.2 Å². The zero-order valence-corrected chi connectivity index (χ0v) is 13.9. The molecule has 0 saturated heterocycles. The van der Waals surface area contributed by atoms with E-state index in [1.807, 2.05) is 0 Å². The summed E-state index contributed by atoms with van der Waals surface area (Å²) in [6.45, 7) is -1.52.